The smallest absolute Gasteiger partial charge is 0.276 e. The van der Waals surface area contributed by atoms with Gasteiger partial charge in [0, 0.05) is 0 Å². The lowest BCUT2D eigenvalue weighted by atomic mass is 10.1. The minimum absolute atomic E-state index is 0.0879. The van der Waals surface area contributed by atoms with Crippen LogP contribution in [0.1, 0.15) is 21.5 Å². The summed E-state index contributed by atoms with van der Waals surface area (Å²) in [5.74, 6) is -0.691. The van der Waals surface area contributed by atoms with Crippen molar-refractivity contribution in [1.29, 1.82) is 0 Å². The van der Waals surface area contributed by atoms with Gasteiger partial charge in [-0.1, -0.05) is 23.8 Å². The first-order valence-electron chi connectivity index (χ1n) is 7.04. The molecule has 0 bridgehead atoms. The van der Waals surface area contributed by atoms with Crippen LogP contribution < -0.4 is 15.6 Å². The third-order valence-corrected chi connectivity index (χ3v) is 3.07. The molecule has 6 heteroatoms. The SMILES string of the molecule is Cc1cccc(OCC(=O)NNC(=O)c2cc(C)ccc2O)c1. The first-order chi connectivity index (χ1) is 11.0. The number of nitrogens with one attached hydrogen (secondary N) is 2. The highest BCUT2D eigenvalue weighted by Crippen LogP contribution is 2.17. The number of phenols is 1. The molecule has 0 saturated carbocycles. The highest BCUT2D eigenvalue weighted by atomic mass is 16.5. The van der Waals surface area contributed by atoms with E-state index >= 15 is 0 Å². The van der Waals surface area contributed by atoms with Crippen molar-refractivity contribution < 1.29 is 19.4 Å². The second-order valence-electron chi connectivity index (χ2n) is 5.13. The van der Waals surface area contributed by atoms with E-state index < -0.39 is 11.8 Å². The van der Waals surface area contributed by atoms with Crippen LogP contribution in [0.2, 0.25) is 0 Å². The molecule has 0 spiro atoms. The molecule has 0 aliphatic carbocycles. The van der Waals surface area contributed by atoms with Crippen LogP contribution in [0, 0.1) is 13.8 Å². The van der Waals surface area contributed by atoms with Gasteiger partial charge in [0.2, 0.25) is 0 Å². The molecule has 0 saturated heterocycles. The maximum absolute atomic E-state index is 11.9. The number of amides is 2. The van der Waals surface area contributed by atoms with Gasteiger partial charge in [-0.05, 0) is 43.7 Å². The topological polar surface area (TPSA) is 87.7 Å². The van der Waals surface area contributed by atoms with Crippen molar-refractivity contribution >= 4 is 11.8 Å². The molecule has 3 N–H and O–H groups in total. The Labute approximate surface area is 134 Å². The van der Waals surface area contributed by atoms with E-state index in [1.54, 1.807) is 25.1 Å². The van der Waals surface area contributed by atoms with Crippen molar-refractivity contribution in [2.24, 2.45) is 0 Å². The predicted octanol–water partition coefficient (Wildman–Crippen LogP) is 1.85. The molecule has 2 aromatic rings. The van der Waals surface area contributed by atoms with E-state index in [1.165, 1.54) is 12.1 Å². The zero-order valence-electron chi connectivity index (χ0n) is 12.9. The normalized spacial score (nSPS) is 10.0. The summed E-state index contributed by atoms with van der Waals surface area (Å²) in [7, 11) is 0. The molecule has 6 nitrogen and oxygen atoms in total. The first kappa shape index (κ1) is 16.4. The zero-order chi connectivity index (χ0) is 16.8. The summed E-state index contributed by atoms with van der Waals surface area (Å²) in [5.41, 5.74) is 6.40. The minimum atomic E-state index is -0.602. The Bertz CT molecular complexity index is 728. The van der Waals surface area contributed by atoms with E-state index in [0.29, 0.717) is 5.75 Å². The monoisotopic (exact) mass is 314 g/mol. The number of ether oxygens (including phenoxy) is 1. The fraction of sp³-hybridized carbons (Fsp3) is 0.176. The minimum Gasteiger partial charge on any atom is -0.507 e. The number of hydrazine groups is 1. The molecule has 0 radical (unpaired) electrons. The van der Waals surface area contributed by atoms with E-state index in [9.17, 15) is 14.7 Å². The molecule has 2 rings (SSSR count). The summed E-state index contributed by atoms with van der Waals surface area (Å²) < 4.78 is 5.32. The summed E-state index contributed by atoms with van der Waals surface area (Å²) in [6, 6.07) is 11.9. The van der Waals surface area contributed by atoms with E-state index in [2.05, 4.69) is 10.9 Å². The van der Waals surface area contributed by atoms with Gasteiger partial charge in [-0.25, -0.2) is 0 Å². The number of aromatic hydroxyl groups is 1. The van der Waals surface area contributed by atoms with E-state index in [-0.39, 0.29) is 17.9 Å². The maximum Gasteiger partial charge on any atom is 0.276 e. The molecule has 0 heterocycles. The van der Waals surface area contributed by atoms with Gasteiger partial charge in [0.15, 0.2) is 6.61 Å². The summed E-state index contributed by atoms with van der Waals surface area (Å²) in [4.78, 5) is 23.6. The lowest BCUT2D eigenvalue weighted by molar-refractivity contribution is -0.123. The number of aryl methyl sites for hydroxylation is 2. The Morgan fingerprint density at radius 1 is 1.04 bits per heavy atom. The second-order valence-corrected chi connectivity index (χ2v) is 5.13. The van der Waals surface area contributed by atoms with Gasteiger partial charge in [0.1, 0.15) is 11.5 Å². The lowest BCUT2D eigenvalue weighted by Crippen LogP contribution is -2.43. The van der Waals surface area contributed by atoms with Crippen LogP contribution in [0.4, 0.5) is 0 Å². The summed E-state index contributed by atoms with van der Waals surface area (Å²) >= 11 is 0. The van der Waals surface area contributed by atoms with Crippen LogP contribution >= 0.6 is 0 Å². The Morgan fingerprint density at radius 3 is 2.52 bits per heavy atom. The molecule has 0 aliphatic heterocycles. The van der Waals surface area contributed by atoms with Crippen LogP contribution in [0.3, 0.4) is 0 Å². The lowest BCUT2D eigenvalue weighted by Gasteiger charge is -2.10. The number of benzene rings is 2. The third-order valence-electron chi connectivity index (χ3n) is 3.07. The third kappa shape index (κ3) is 4.74. The van der Waals surface area contributed by atoms with Crippen LogP contribution in [0.5, 0.6) is 11.5 Å². The Balaban J connectivity index is 1.84. The molecule has 120 valence electrons. The average molecular weight is 314 g/mol. The fourth-order valence-corrected chi connectivity index (χ4v) is 1.92. The number of hydrogen-bond donors (Lipinski definition) is 3. The van der Waals surface area contributed by atoms with Gasteiger partial charge in [-0.3, -0.25) is 20.4 Å². The van der Waals surface area contributed by atoms with Crippen molar-refractivity contribution in [3.05, 3.63) is 59.2 Å². The second kappa shape index (κ2) is 7.31. The molecule has 0 aromatic heterocycles. The van der Waals surface area contributed by atoms with E-state index in [0.717, 1.165) is 11.1 Å². The number of carbonyl (C=O) groups is 2. The molecular formula is C17H18N2O4. The van der Waals surface area contributed by atoms with Gasteiger partial charge in [-0.15, -0.1) is 0 Å². The van der Waals surface area contributed by atoms with Crippen molar-refractivity contribution in [3.63, 3.8) is 0 Å². The average Bonchev–Trinajstić information content (AvgIpc) is 2.53. The molecule has 0 fully saturated rings. The summed E-state index contributed by atoms with van der Waals surface area (Å²) in [6.45, 7) is 3.48. The summed E-state index contributed by atoms with van der Waals surface area (Å²) in [5, 5.41) is 9.65. The van der Waals surface area contributed by atoms with Gasteiger partial charge in [0.25, 0.3) is 11.8 Å². The van der Waals surface area contributed by atoms with Gasteiger partial charge in [0.05, 0.1) is 5.56 Å². The molecular weight excluding hydrogens is 296 g/mol. The van der Waals surface area contributed by atoms with Gasteiger partial charge in [-0.2, -0.15) is 0 Å². The number of carbonyl (C=O) groups excluding carboxylic acids is 2. The highest BCUT2D eigenvalue weighted by Gasteiger charge is 2.12. The largest absolute Gasteiger partial charge is 0.507 e. The first-order valence-corrected chi connectivity index (χ1v) is 7.04. The van der Waals surface area contributed by atoms with Crippen molar-refractivity contribution in [2.45, 2.75) is 13.8 Å². The number of rotatable bonds is 4. The van der Waals surface area contributed by atoms with Gasteiger partial charge < -0.3 is 9.84 Å². The highest BCUT2D eigenvalue weighted by molar-refractivity contribution is 5.98. The van der Waals surface area contributed by atoms with Gasteiger partial charge >= 0.3 is 0 Å². The van der Waals surface area contributed by atoms with E-state index in [4.69, 9.17) is 4.74 Å². The predicted molar refractivity (Wildman–Crippen MR) is 85.1 cm³/mol. The number of hydrogen-bond acceptors (Lipinski definition) is 4. The van der Waals surface area contributed by atoms with Crippen molar-refractivity contribution in [1.82, 2.24) is 10.9 Å². The molecule has 0 atom stereocenters. The van der Waals surface area contributed by atoms with Crippen molar-refractivity contribution in [3.8, 4) is 11.5 Å². The standard InChI is InChI=1S/C17H18N2O4/c1-11-4-3-5-13(8-11)23-10-16(21)18-19-17(22)14-9-12(2)6-7-15(14)20/h3-9,20H,10H2,1-2H3,(H,18,21)(H,19,22). The quantitative estimate of drug-likeness (QED) is 0.752. The van der Waals surface area contributed by atoms with E-state index in [1.807, 2.05) is 19.1 Å². The molecule has 2 amide bonds. The molecule has 23 heavy (non-hydrogen) atoms. The summed E-state index contributed by atoms with van der Waals surface area (Å²) in [6.07, 6.45) is 0. The van der Waals surface area contributed by atoms with Crippen LogP contribution in [-0.4, -0.2) is 23.5 Å². The van der Waals surface area contributed by atoms with Crippen LogP contribution in [0.15, 0.2) is 42.5 Å². The number of phenolic OH excluding ortho intramolecular Hbond substituents is 1. The molecule has 0 unspecified atom stereocenters. The van der Waals surface area contributed by atoms with Crippen LogP contribution in [0.25, 0.3) is 0 Å². The Kier molecular flexibility index (Phi) is 5.19. The molecule has 2 aromatic carbocycles. The molecule has 0 aliphatic rings. The maximum atomic E-state index is 11.9. The Morgan fingerprint density at radius 2 is 1.78 bits per heavy atom. The zero-order valence-corrected chi connectivity index (χ0v) is 12.9. The fourth-order valence-electron chi connectivity index (χ4n) is 1.92. The Hall–Kier alpha value is -3.02. The van der Waals surface area contributed by atoms with Crippen molar-refractivity contribution in [2.75, 3.05) is 6.61 Å². The van der Waals surface area contributed by atoms with Crippen LogP contribution in [-0.2, 0) is 4.79 Å².